The molecule has 0 spiro atoms. The van der Waals surface area contributed by atoms with Gasteiger partial charge in [-0.25, -0.2) is 9.59 Å². The number of carbonyl (C=O) groups excluding carboxylic acids is 2. The van der Waals surface area contributed by atoms with Crippen molar-refractivity contribution in [1.82, 2.24) is 5.32 Å². The van der Waals surface area contributed by atoms with Gasteiger partial charge in [-0.3, -0.25) is 4.79 Å². The summed E-state index contributed by atoms with van der Waals surface area (Å²) < 4.78 is 5.60. The average Bonchev–Trinajstić information content (AvgIpc) is 3.13. The first-order valence-electron chi connectivity index (χ1n) is 11.4. The third-order valence-corrected chi connectivity index (χ3v) is 6.81. The summed E-state index contributed by atoms with van der Waals surface area (Å²) >= 11 is 0. The normalized spacial score (nSPS) is 15.3. The number of hydrogen-bond donors (Lipinski definition) is 4. The van der Waals surface area contributed by atoms with Crippen LogP contribution in [-0.2, 0) is 9.53 Å². The van der Waals surface area contributed by atoms with Crippen LogP contribution < -0.4 is 10.6 Å². The van der Waals surface area contributed by atoms with Crippen LogP contribution in [0, 0.1) is 0 Å². The Morgan fingerprint density at radius 3 is 2.11 bits per heavy atom. The molecule has 3 aromatic carbocycles. The van der Waals surface area contributed by atoms with E-state index in [1.54, 1.807) is 0 Å². The van der Waals surface area contributed by atoms with E-state index in [9.17, 15) is 19.5 Å². The van der Waals surface area contributed by atoms with E-state index in [0.29, 0.717) is 12.8 Å². The Kier molecular flexibility index (Phi) is 5.64. The number of rotatable bonds is 6. The molecule has 178 valence electrons. The number of anilines is 1. The first-order chi connectivity index (χ1) is 16.9. The Morgan fingerprint density at radius 1 is 0.943 bits per heavy atom. The van der Waals surface area contributed by atoms with Gasteiger partial charge in [-0.05, 0) is 53.6 Å². The van der Waals surface area contributed by atoms with E-state index in [2.05, 4.69) is 22.8 Å². The Hall–Kier alpha value is -4.33. The van der Waals surface area contributed by atoms with Crippen molar-refractivity contribution >= 4 is 23.7 Å². The molecule has 0 atom stereocenters. The molecule has 2 aliphatic carbocycles. The quantitative estimate of drug-likeness (QED) is 0.419. The predicted octanol–water partition coefficient (Wildman–Crippen LogP) is 4.49. The summed E-state index contributed by atoms with van der Waals surface area (Å²) in [6.45, 7) is 0.141. The summed E-state index contributed by atoms with van der Waals surface area (Å²) in [6.07, 6.45) is 0.982. The molecule has 1 fully saturated rings. The van der Waals surface area contributed by atoms with E-state index in [1.165, 1.54) is 18.2 Å². The van der Waals surface area contributed by atoms with Gasteiger partial charge in [-0.15, -0.1) is 0 Å². The molecule has 2 aliphatic rings. The molecular formula is C27H24N2O6. The van der Waals surface area contributed by atoms with Crippen LogP contribution in [-0.4, -0.2) is 40.3 Å². The number of benzene rings is 3. The van der Waals surface area contributed by atoms with Gasteiger partial charge in [-0.2, -0.15) is 0 Å². The molecule has 0 radical (unpaired) electrons. The molecule has 0 saturated heterocycles. The minimum Gasteiger partial charge on any atom is -0.507 e. The second-order valence-electron chi connectivity index (χ2n) is 8.88. The number of amides is 2. The predicted molar refractivity (Wildman–Crippen MR) is 128 cm³/mol. The molecule has 1 saturated carbocycles. The van der Waals surface area contributed by atoms with E-state index >= 15 is 0 Å². The summed E-state index contributed by atoms with van der Waals surface area (Å²) in [7, 11) is 0. The third kappa shape index (κ3) is 4.07. The molecule has 8 nitrogen and oxygen atoms in total. The fourth-order valence-electron chi connectivity index (χ4n) is 4.81. The van der Waals surface area contributed by atoms with Gasteiger partial charge < -0.3 is 25.6 Å². The lowest BCUT2D eigenvalue weighted by atomic mass is 9.76. The van der Waals surface area contributed by atoms with Gasteiger partial charge >= 0.3 is 12.1 Å². The van der Waals surface area contributed by atoms with Gasteiger partial charge in [-0.1, -0.05) is 48.5 Å². The van der Waals surface area contributed by atoms with Crippen molar-refractivity contribution in [3.8, 4) is 16.9 Å². The standard InChI is InChI=1S/C27H24N2O6/c30-23-14-16(10-11-21(23)24(31)32)28-25(33)27(12-5-13-27)29-26(34)35-15-22-19-8-3-1-6-17(19)18-7-2-4-9-20(18)22/h1-4,6-11,14,22,30H,5,12-13,15H2,(H,28,33)(H,29,34)(H,31,32). The van der Waals surface area contributed by atoms with Crippen LogP contribution in [0.25, 0.3) is 11.1 Å². The lowest BCUT2D eigenvalue weighted by molar-refractivity contribution is -0.125. The zero-order valence-electron chi connectivity index (χ0n) is 18.8. The maximum Gasteiger partial charge on any atom is 0.408 e. The highest BCUT2D eigenvalue weighted by atomic mass is 16.5. The van der Waals surface area contributed by atoms with E-state index in [-0.39, 0.29) is 23.8 Å². The number of fused-ring (bicyclic) bond motifs is 3. The third-order valence-electron chi connectivity index (χ3n) is 6.81. The van der Waals surface area contributed by atoms with Gasteiger partial charge in [0, 0.05) is 17.7 Å². The van der Waals surface area contributed by atoms with Crippen molar-refractivity contribution in [2.45, 2.75) is 30.7 Å². The highest BCUT2D eigenvalue weighted by molar-refractivity contribution is 6.01. The minimum atomic E-state index is -1.27. The van der Waals surface area contributed by atoms with Crippen molar-refractivity contribution in [2.75, 3.05) is 11.9 Å². The van der Waals surface area contributed by atoms with Crippen LogP contribution in [0.2, 0.25) is 0 Å². The lowest BCUT2D eigenvalue weighted by Gasteiger charge is -2.40. The summed E-state index contributed by atoms with van der Waals surface area (Å²) in [5.41, 5.74) is 3.30. The van der Waals surface area contributed by atoms with E-state index < -0.39 is 29.3 Å². The van der Waals surface area contributed by atoms with Gasteiger partial charge in [0.25, 0.3) is 0 Å². The van der Waals surface area contributed by atoms with E-state index in [4.69, 9.17) is 9.84 Å². The summed E-state index contributed by atoms with van der Waals surface area (Å²) in [5, 5.41) is 24.3. The van der Waals surface area contributed by atoms with Crippen molar-refractivity contribution in [1.29, 1.82) is 0 Å². The number of ether oxygens (including phenoxy) is 1. The fraction of sp³-hybridized carbons (Fsp3) is 0.222. The van der Waals surface area contributed by atoms with Crippen molar-refractivity contribution < 1.29 is 29.3 Å². The van der Waals surface area contributed by atoms with Crippen molar-refractivity contribution in [2.24, 2.45) is 0 Å². The molecule has 8 heteroatoms. The first-order valence-corrected chi connectivity index (χ1v) is 11.4. The highest BCUT2D eigenvalue weighted by Crippen LogP contribution is 2.44. The number of aromatic carboxylic acids is 1. The number of carboxylic acid groups (broad SMARTS) is 1. The Balaban J connectivity index is 1.25. The Bertz CT molecular complexity index is 1290. The molecule has 0 aliphatic heterocycles. The second kappa shape index (κ2) is 8.79. The number of aromatic hydroxyl groups is 1. The molecule has 0 aromatic heterocycles. The minimum absolute atomic E-state index is 0.0879. The summed E-state index contributed by atoms with van der Waals surface area (Å²) in [5.74, 6) is -2.26. The van der Waals surface area contributed by atoms with E-state index in [0.717, 1.165) is 28.7 Å². The van der Waals surface area contributed by atoms with Gasteiger partial charge in [0.15, 0.2) is 0 Å². The monoisotopic (exact) mass is 472 g/mol. The zero-order valence-corrected chi connectivity index (χ0v) is 18.8. The smallest absolute Gasteiger partial charge is 0.408 e. The number of carboxylic acids is 1. The Morgan fingerprint density at radius 2 is 1.57 bits per heavy atom. The molecule has 0 bridgehead atoms. The second-order valence-corrected chi connectivity index (χ2v) is 8.88. The summed E-state index contributed by atoms with van der Waals surface area (Å²) in [4.78, 5) is 36.8. The largest absolute Gasteiger partial charge is 0.507 e. The maximum absolute atomic E-state index is 13.0. The zero-order chi connectivity index (χ0) is 24.6. The van der Waals surface area contributed by atoms with E-state index in [1.807, 2.05) is 36.4 Å². The number of alkyl carbamates (subject to hydrolysis) is 1. The number of hydrogen-bond acceptors (Lipinski definition) is 5. The molecule has 4 N–H and O–H groups in total. The topological polar surface area (TPSA) is 125 Å². The molecule has 35 heavy (non-hydrogen) atoms. The van der Waals surface area contributed by atoms with Crippen LogP contribution in [0.4, 0.5) is 10.5 Å². The SMILES string of the molecule is O=C(NC1(C(=O)Nc2ccc(C(=O)O)c(O)c2)CCC1)OCC1c2ccccc2-c2ccccc21. The highest BCUT2D eigenvalue weighted by Gasteiger charge is 2.46. The molecule has 0 unspecified atom stereocenters. The van der Waals surface area contributed by atoms with Crippen molar-refractivity contribution in [3.63, 3.8) is 0 Å². The summed E-state index contributed by atoms with van der Waals surface area (Å²) in [6, 6.07) is 19.9. The lowest BCUT2D eigenvalue weighted by Crippen LogP contribution is -2.61. The van der Waals surface area contributed by atoms with Crippen LogP contribution in [0.3, 0.4) is 0 Å². The van der Waals surface area contributed by atoms with Crippen LogP contribution in [0.1, 0.15) is 46.7 Å². The molecule has 2 amide bonds. The average molecular weight is 472 g/mol. The van der Waals surface area contributed by atoms with Crippen LogP contribution >= 0.6 is 0 Å². The van der Waals surface area contributed by atoms with Crippen molar-refractivity contribution in [3.05, 3.63) is 83.4 Å². The molecule has 3 aromatic rings. The maximum atomic E-state index is 13.0. The number of nitrogens with one attached hydrogen (secondary N) is 2. The van der Waals surface area contributed by atoms with Crippen LogP contribution in [0.15, 0.2) is 66.7 Å². The molecule has 5 rings (SSSR count). The van der Waals surface area contributed by atoms with Gasteiger partial charge in [0.2, 0.25) is 5.91 Å². The fourth-order valence-corrected chi connectivity index (χ4v) is 4.81. The first kappa shape index (κ1) is 22.5. The van der Waals surface area contributed by atoms with Crippen LogP contribution in [0.5, 0.6) is 5.75 Å². The number of phenols is 1. The van der Waals surface area contributed by atoms with Gasteiger partial charge in [0.05, 0.1) is 0 Å². The Labute approximate surface area is 201 Å². The number of carbonyl (C=O) groups is 3. The van der Waals surface area contributed by atoms with Gasteiger partial charge in [0.1, 0.15) is 23.5 Å². The molecular weight excluding hydrogens is 448 g/mol. The molecule has 0 heterocycles.